The van der Waals surface area contributed by atoms with E-state index in [4.69, 9.17) is 21.6 Å². The molecule has 0 radical (unpaired) electrons. The monoisotopic (exact) mass is 391 g/mol. The minimum atomic E-state index is -1.54. The van der Waals surface area contributed by atoms with Crippen LogP contribution in [0.5, 0.6) is 5.75 Å². The third-order valence-electron chi connectivity index (χ3n) is 4.10. The number of halogens is 4. The highest BCUT2D eigenvalue weighted by Crippen LogP contribution is 2.25. The maximum absolute atomic E-state index is 13.3. The third kappa shape index (κ3) is 3.62. The number of ether oxygens (including phenoxy) is 1. The molecule has 0 bridgehead atoms. The van der Waals surface area contributed by atoms with Crippen molar-refractivity contribution in [3.63, 3.8) is 0 Å². The normalized spacial score (nSPS) is 10.7. The zero-order valence-corrected chi connectivity index (χ0v) is 15.1. The SMILES string of the molecule is Cc1nn(-c2ccc(C#N)c(Cl)c2)c(C)c1COc1cc(F)c(F)c(F)c1. The summed E-state index contributed by atoms with van der Waals surface area (Å²) in [6.07, 6.45) is 0. The van der Waals surface area contributed by atoms with Crippen molar-refractivity contribution in [1.29, 1.82) is 5.26 Å². The van der Waals surface area contributed by atoms with Crippen LogP contribution < -0.4 is 4.74 Å². The first-order valence-corrected chi connectivity index (χ1v) is 8.22. The van der Waals surface area contributed by atoms with Crippen LogP contribution in [0.1, 0.15) is 22.5 Å². The van der Waals surface area contributed by atoms with Crippen LogP contribution in [-0.4, -0.2) is 9.78 Å². The number of hydrogen-bond donors (Lipinski definition) is 0. The molecule has 0 aliphatic rings. The van der Waals surface area contributed by atoms with E-state index in [2.05, 4.69) is 5.10 Å². The highest BCUT2D eigenvalue weighted by atomic mass is 35.5. The van der Waals surface area contributed by atoms with E-state index in [1.807, 2.05) is 6.07 Å². The molecule has 8 heteroatoms. The van der Waals surface area contributed by atoms with Crippen LogP contribution in [0.25, 0.3) is 5.69 Å². The van der Waals surface area contributed by atoms with Crippen LogP contribution in [0.2, 0.25) is 5.02 Å². The zero-order chi connectivity index (χ0) is 19.7. The number of nitriles is 1. The number of benzene rings is 2. The highest BCUT2D eigenvalue weighted by molar-refractivity contribution is 6.31. The van der Waals surface area contributed by atoms with E-state index in [9.17, 15) is 13.2 Å². The molecule has 3 rings (SSSR count). The Morgan fingerprint density at radius 3 is 2.41 bits per heavy atom. The minimum absolute atomic E-state index is 0.00775. The van der Waals surface area contributed by atoms with E-state index >= 15 is 0 Å². The lowest BCUT2D eigenvalue weighted by molar-refractivity contribution is 0.298. The summed E-state index contributed by atoms with van der Waals surface area (Å²) in [6, 6.07) is 8.48. The van der Waals surface area contributed by atoms with Crippen LogP contribution in [-0.2, 0) is 6.61 Å². The molecular formula is C19H13ClF3N3O. The molecule has 0 saturated carbocycles. The molecule has 0 saturated heterocycles. The van der Waals surface area contributed by atoms with Gasteiger partial charge >= 0.3 is 0 Å². The van der Waals surface area contributed by atoms with Crippen LogP contribution in [0.3, 0.4) is 0 Å². The van der Waals surface area contributed by atoms with Crippen LogP contribution in [0.15, 0.2) is 30.3 Å². The van der Waals surface area contributed by atoms with Gasteiger partial charge in [0, 0.05) is 23.4 Å². The first-order valence-electron chi connectivity index (χ1n) is 7.84. The van der Waals surface area contributed by atoms with Crippen molar-refractivity contribution in [2.75, 3.05) is 0 Å². The number of rotatable bonds is 4. The highest BCUT2D eigenvalue weighted by Gasteiger charge is 2.16. The lowest BCUT2D eigenvalue weighted by Gasteiger charge is -2.09. The van der Waals surface area contributed by atoms with Gasteiger partial charge in [-0.25, -0.2) is 17.9 Å². The van der Waals surface area contributed by atoms with Crippen molar-refractivity contribution in [3.8, 4) is 17.5 Å². The summed E-state index contributed by atoms with van der Waals surface area (Å²) < 4.78 is 46.7. The van der Waals surface area contributed by atoms with Gasteiger partial charge in [0.05, 0.1) is 22.0 Å². The molecule has 0 fully saturated rings. The summed E-state index contributed by atoms with van der Waals surface area (Å²) in [7, 11) is 0. The second-order valence-electron chi connectivity index (χ2n) is 5.83. The van der Waals surface area contributed by atoms with E-state index in [0.717, 1.165) is 17.8 Å². The first-order chi connectivity index (χ1) is 12.8. The van der Waals surface area contributed by atoms with Crippen molar-refractivity contribution in [2.45, 2.75) is 20.5 Å². The molecule has 0 spiro atoms. The van der Waals surface area contributed by atoms with Gasteiger partial charge in [-0.1, -0.05) is 11.6 Å². The zero-order valence-electron chi connectivity index (χ0n) is 14.4. The van der Waals surface area contributed by atoms with Gasteiger partial charge in [-0.15, -0.1) is 0 Å². The van der Waals surface area contributed by atoms with Crippen molar-refractivity contribution < 1.29 is 17.9 Å². The van der Waals surface area contributed by atoms with Crippen LogP contribution in [0.4, 0.5) is 13.2 Å². The molecule has 0 amide bonds. The van der Waals surface area contributed by atoms with Crippen LogP contribution in [0, 0.1) is 42.6 Å². The summed E-state index contributed by atoms with van der Waals surface area (Å²) in [5.41, 5.74) is 3.10. The standard InChI is InChI=1S/C19H13ClF3N3O/c1-10-15(9-27-14-6-17(21)19(23)18(22)7-14)11(2)26(25-10)13-4-3-12(8-24)16(20)5-13/h3-7H,9H2,1-2H3. The Kier molecular flexibility index (Phi) is 5.10. The summed E-state index contributed by atoms with van der Waals surface area (Å²) in [4.78, 5) is 0. The van der Waals surface area contributed by atoms with E-state index in [1.54, 1.807) is 36.7 Å². The predicted octanol–water partition coefficient (Wildman–Crippen LogP) is 5.01. The second-order valence-corrected chi connectivity index (χ2v) is 6.23. The Bertz CT molecular complexity index is 1050. The Morgan fingerprint density at radius 1 is 1.15 bits per heavy atom. The largest absolute Gasteiger partial charge is 0.489 e. The Balaban J connectivity index is 1.88. The Hall–Kier alpha value is -2.98. The molecule has 138 valence electrons. The lowest BCUT2D eigenvalue weighted by Crippen LogP contribution is -2.02. The van der Waals surface area contributed by atoms with Crippen molar-refractivity contribution in [3.05, 3.63) is 75.3 Å². The molecule has 1 aromatic heterocycles. The van der Waals surface area contributed by atoms with Crippen molar-refractivity contribution >= 4 is 11.6 Å². The summed E-state index contributed by atoms with van der Waals surface area (Å²) in [5.74, 6) is -4.30. The molecule has 3 aromatic rings. The predicted molar refractivity (Wildman–Crippen MR) is 93.4 cm³/mol. The molecule has 27 heavy (non-hydrogen) atoms. The van der Waals surface area contributed by atoms with Gasteiger partial charge in [-0.3, -0.25) is 0 Å². The van der Waals surface area contributed by atoms with Gasteiger partial charge in [0.2, 0.25) is 0 Å². The maximum Gasteiger partial charge on any atom is 0.194 e. The number of nitrogens with zero attached hydrogens (tertiary/aromatic N) is 3. The molecule has 0 aliphatic carbocycles. The number of hydrogen-bond acceptors (Lipinski definition) is 3. The topological polar surface area (TPSA) is 50.8 Å². The molecule has 0 atom stereocenters. The van der Waals surface area contributed by atoms with Gasteiger partial charge in [0.25, 0.3) is 0 Å². The fourth-order valence-electron chi connectivity index (χ4n) is 2.63. The van der Waals surface area contributed by atoms with Crippen molar-refractivity contribution in [2.24, 2.45) is 0 Å². The van der Waals surface area contributed by atoms with Crippen molar-refractivity contribution in [1.82, 2.24) is 9.78 Å². The molecule has 0 unspecified atom stereocenters. The number of aryl methyl sites for hydroxylation is 1. The Labute approximate surface area is 158 Å². The van der Waals surface area contributed by atoms with E-state index in [1.165, 1.54) is 0 Å². The fraction of sp³-hybridized carbons (Fsp3) is 0.158. The smallest absolute Gasteiger partial charge is 0.194 e. The van der Waals surface area contributed by atoms with E-state index < -0.39 is 17.5 Å². The molecule has 1 heterocycles. The number of aromatic nitrogens is 2. The van der Waals surface area contributed by atoms with Gasteiger partial charge in [-0.05, 0) is 32.0 Å². The average molecular weight is 392 g/mol. The minimum Gasteiger partial charge on any atom is -0.489 e. The van der Waals surface area contributed by atoms with E-state index in [0.29, 0.717) is 27.5 Å². The quantitative estimate of drug-likeness (QED) is 0.587. The van der Waals surface area contributed by atoms with Gasteiger partial charge < -0.3 is 4.74 Å². The summed E-state index contributed by atoms with van der Waals surface area (Å²) in [6.45, 7) is 3.56. The Morgan fingerprint density at radius 2 is 1.81 bits per heavy atom. The average Bonchev–Trinajstić information content (AvgIpc) is 2.91. The maximum atomic E-state index is 13.3. The van der Waals surface area contributed by atoms with Gasteiger partial charge in [-0.2, -0.15) is 10.4 Å². The van der Waals surface area contributed by atoms with E-state index in [-0.39, 0.29) is 12.4 Å². The third-order valence-corrected chi connectivity index (χ3v) is 4.41. The summed E-state index contributed by atoms with van der Waals surface area (Å²) >= 11 is 6.07. The fourth-order valence-corrected chi connectivity index (χ4v) is 2.85. The van der Waals surface area contributed by atoms with Crippen LogP contribution >= 0.6 is 11.6 Å². The molecule has 0 aliphatic heterocycles. The van der Waals surface area contributed by atoms with Gasteiger partial charge in [0.15, 0.2) is 17.5 Å². The molecule has 0 N–H and O–H groups in total. The summed E-state index contributed by atoms with van der Waals surface area (Å²) in [5, 5.41) is 13.7. The lowest BCUT2D eigenvalue weighted by atomic mass is 10.2. The second kappa shape index (κ2) is 7.33. The first kappa shape index (κ1) is 18.8. The van der Waals surface area contributed by atoms with Gasteiger partial charge in [0.1, 0.15) is 18.4 Å². The molecule has 2 aromatic carbocycles. The molecule has 4 nitrogen and oxygen atoms in total. The molecular weight excluding hydrogens is 379 g/mol.